The molecular weight excluding hydrogens is 314 g/mol. The van der Waals surface area contributed by atoms with Crippen molar-refractivity contribution in [2.75, 3.05) is 0 Å². The second kappa shape index (κ2) is 5.66. The lowest BCUT2D eigenvalue weighted by Gasteiger charge is -2.34. The van der Waals surface area contributed by atoms with Crippen LogP contribution in [0.4, 0.5) is 26.3 Å². The van der Waals surface area contributed by atoms with Gasteiger partial charge < -0.3 is 4.74 Å². The van der Waals surface area contributed by atoms with E-state index in [0.29, 0.717) is 12.1 Å². The molecule has 0 bridgehead atoms. The average molecular weight is 326 g/mol. The maximum Gasteiger partial charge on any atom is 0.406 e. The summed E-state index contributed by atoms with van der Waals surface area (Å²) in [4.78, 5) is 11.2. The van der Waals surface area contributed by atoms with Crippen molar-refractivity contribution < 1.29 is 35.9 Å². The lowest BCUT2D eigenvalue weighted by Crippen LogP contribution is -2.51. The highest BCUT2D eigenvalue weighted by atomic mass is 19.4. The Labute approximate surface area is 122 Å². The molecule has 122 valence electrons. The summed E-state index contributed by atoms with van der Waals surface area (Å²) in [5.41, 5.74) is -4.97. The number of carbonyl (C=O) groups excluding carboxylic acids is 1. The molecule has 0 N–H and O–H groups in total. The van der Waals surface area contributed by atoms with Crippen LogP contribution >= 0.6 is 0 Å². The molecule has 0 radical (unpaired) electrons. The molecule has 8 heteroatoms. The molecule has 0 saturated carbocycles. The third-order valence-electron chi connectivity index (χ3n) is 3.12. The number of alkyl halides is 6. The largest absolute Gasteiger partial charge is 0.423 e. The highest BCUT2D eigenvalue weighted by Crippen LogP contribution is 2.51. The Morgan fingerprint density at radius 2 is 1.41 bits per heavy atom. The molecule has 0 fully saturated rings. The first-order valence-electron chi connectivity index (χ1n) is 5.92. The van der Waals surface area contributed by atoms with E-state index < -0.39 is 29.3 Å². The molecule has 0 heterocycles. The van der Waals surface area contributed by atoms with Gasteiger partial charge in [-0.2, -0.15) is 26.3 Å². The van der Waals surface area contributed by atoms with Gasteiger partial charge in [0.2, 0.25) is 0 Å². The van der Waals surface area contributed by atoms with E-state index in [1.165, 1.54) is 6.92 Å². The SMILES string of the molecule is C=C(C)C(=O)Oc1ccc(C(C)(C(F)(F)F)C(F)(F)F)cc1. The van der Waals surface area contributed by atoms with Gasteiger partial charge in [-0.1, -0.05) is 18.7 Å². The number of esters is 1. The Morgan fingerprint density at radius 1 is 1.00 bits per heavy atom. The van der Waals surface area contributed by atoms with Crippen molar-refractivity contribution in [1.29, 1.82) is 0 Å². The molecule has 0 unspecified atom stereocenters. The number of halogens is 6. The molecule has 2 nitrogen and oxygen atoms in total. The van der Waals surface area contributed by atoms with Crippen LogP contribution in [-0.4, -0.2) is 18.3 Å². The number of carbonyl (C=O) groups is 1. The van der Waals surface area contributed by atoms with Gasteiger partial charge in [0.15, 0.2) is 5.41 Å². The second-order valence-corrected chi connectivity index (χ2v) is 4.81. The van der Waals surface area contributed by atoms with E-state index in [1.54, 1.807) is 0 Å². The Balaban J connectivity index is 3.21. The number of benzene rings is 1. The van der Waals surface area contributed by atoms with Gasteiger partial charge in [-0.15, -0.1) is 0 Å². The van der Waals surface area contributed by atoms with Crippen LogP contribution in [0, 0.1) is 0 Å². The van der Waals surface area contributed by atoms with Crippen molar-refractivity contribution in [3.05, 3.63) is 42.0 Å². The fraction of sp³-hybridized carbons (Fsp3) is 0.357. The monoisotopic (exact) mass is 326 g/mol. The van der Waals surface area contributed by atoms with Crippen molar-refractivity contribution in [3.63, 3.8) is 0 Å². The smallest absolute Gasteiger partial charge is 0.406 e. The number of ether oxygens (including phenoxy) is 1. The zero-order chi connectivity index (χ0) is 17.3. The van der Waals surface area contributed by atoms with Crippen LogP contribution in [0.1, 0.15) is 19.4 Å². The van der Waals surface area contributed by atoms with Crippen LogP contribution in [-0.2, 0) is 10.2 Å². The van der Waals surface area contributed by atoms with Gasteiger partial charge in [-0.3, -0.25) is 0 Å². The summed E-state index contributed by atoms with van der Waals surface area (Å²) in [7, 11) is 0. The van der Waals surface area contributed by atoms with Crippen LogP contribution in [0.5, 0.6) is 5.75 Å². The van der Waals surface area contributed by atoms with Crippen LogP contribution < -0.4 is 4.74 Å². The van der Waals surface area contributed by atoms with E-state index in [4.69, 9.17) is 4.74 Å². The zero-order valence-electron chi connectivity index (χ0n) is 11.6. The Bertz CT molecular complexity index is 554. The summed E-state index contributed by atoms with van der Waals surface area (Å²) in [6.07, 6.45) is -11.1. The van der Waals surface area contributed by atoms with E-state index in [1.807, 2.05) is 0 Å². The molecule has 1 rings (SSSR count). The van der Waals surface area contributed by atoms with Crippen molar-refractivity contribution >= 4 is 5.97 Å². The molecular formula is C14H12F6O2. The minimum Gasteiger partial charge on any atom is -0.423 e. The minimum atomic E-state index is -5.53. The summed E-state index contributed by atoms with van der Waals surface area (Å²) in [5, 5.41) is 0. The molecule has 0 amide bonds. The predicted molar refractivity (Wildman–Crippen MR) is 66.4 cm³/mol. The molecule has 0 spiro atoms. The molecule has 0 aromatic heterocycles. The van der Waals surface area contributed by atoms with Crippen LogP contribution in [0.3, 0.4) is 0 Å². The molecule has 1 aromatic rings. The van der Waals surface area contributed by atoms with E-state index in [2.05, 4.69) is 6.58 Å². The first kappa shape index (κ1) is 18.1. The van der Waals surface area contributed by atoms with Gasteiger partial charge in [-0.25, -0.2) is 4.79 Å². The van der Waals surface area contributed by atoms with Crippen molar-refractivity contribution in [2.24, 2.45) is 0 Å². The van der Waals surface area contributed by atoms with Crippen molar-refractivity contribution in [2.45, 2.75) is 31.6 Å². The zero-order valence-corrected chi connectivity index (χ0v) is 11.6. The normalized spacial score (nSPS) is 12.9. The van der Waals surface area contributed by atoms with Gasteiger partial charge in [0.05, 0.1) is 0 Å². The first-order valence-corrected chi connectivity index (χ1v) is 5.92. The van der Waals surface area contributed by atoms with Crippen molar-refractivity contribution in [3.8, 4) is 5.75 Å². The van der Waals surface area contributed by atoms with E-state index in [0.717, 1.165) is 12.1 Å². The Kier molecular flexibility index (Phi) is 4.65. The highest BCUT2D eigenvalue weighted by molar-refractivity contribution is 5.88. The van der Waals surface area contributed by atoms with Gasteiger partial charge in [0.1, 0.15) is 5.75 Å². The van der Waals surface area contributed by atoms with E-state index in [9.17, 15) is 31.1 Å². The lowest BCUT2D eigenvalue weighted by molar-refractivity contribution is -0.297. The summed E-state index contributed by atoms with van der Waals surface area (Å²) in [6, 6.07) is 2.99. The van der Waals surface area contributed by atoms with Crippen LogP contribution in [0.2, 0.25) is 0 Å². The van der Waals surface area contributed by atoms with E-state index in [-0.39, 0.29) is 18.2 Å². The third-order valence-corrected chi connectivity index (χ3v) is 3.12. The molecule has 0 atom stereocenters. The second-order valence-electron chi connectivity index (χ2n) is 4.81. The maximum absolute atomic E-state index is 12.9. The van der Waals surface area contributed by atoms with Gasteiger partial charge >= 0.3 is 18.3 Å². The molecule has 0 aliphatic rings. The fourth-order valence-electron chi connectivity index (χ4n) is 1.54. The molecule has 1 aromatic carbocycles. The van der Waals surface area contributed by atoms with E-state index >= 15 is 0 Å². The minimum absolute atomic E-state index is 0.0412. The third kappa shape index (κ3) is 3.26. The molecule has 22 heavy (non-hydrogen) atoms. The standard InChI is InChI=1S/C14H12F6O2/c1-8(2)11(21)22-10-6-4-9(5-7-10)12(3,13(15,16)17)14(18,19)20/h4-7H,1H2,2-3H3. The quantitative estimate of drug-likeness (QED) is 0.352. The maximum atomic E-state index is 12.9. The summed E-state index contributed by atoms with van der Waals surface area (Å²) >= 11 is 0. The summed E-state index contributed by atoms with van der Waals surface area (Å²) in [5.74, 6) is -1.01. The first-order chi connectivity index (χ1) is 9.80. The summed E-state index contributed by atoms with van der Waals surface area (Å²) < 4.78 is 82.0. The molecule has 0 saturated heterocycles. The number of rotatable bonds is 3. The Morgan fingerprint density at radius 3 is 1.73 bits per heavy atom. The molecule has 0 aliphatic carbocycles. The van der Waals surface area contributed by atoms with Crippen LogP contribution in [0.25, 0.3) is 0 Å². The van der Waals surface area contributed by atoms with Crippen LogP contribution in [0.15, 0.2) is 36.4 Å². The highest BCUT2D eigenvalue weighted by Gasteiger charge is 2.68. The lowest BCUT2D eigenvalue weighted by atomic mass is 9.81. The molecule has 0 aliphatic heterocycles. The number of hydrogen-bond acceptors (Lipinski definition) is 2. The van der Waals surface area contributed by atoms with Gasteiger partial charge in [0, 0.05) is 5.57 Å². The van der Waals surface area contributed by atoms with Gasteiger partial charge in [0.25, 0.3) is 0 Å². The fourth-order valence-corrected chi connectivity index (χ4v) is 1.54. The predicted octanol–water partition coefficient (Wildman–Crippen LogP) is 4.55. The topological polar surface area (TPSA) is 26.3 Å². The Hall–Kier alpha value is -1.99. The summed E-state index contributed by atoms with van der Waals surface area (Å²) in [6.45, 7) is 4.71. The van der Waals surface area contributed by atoms with Gasteiger partial charge in [-0.05, 0) is 31.5 Å². The van der Waals surface area contributed by atoms with Crippen molar-refractivity contribution in [1.82, 2.24) is 0 Å². The average Bonchev–Trinajstić information content (AvgIpc) is 2.35. The number of hydrogen-bond donors (Lipinski definition) is 0.